The molecular weight excluding hydrogens is 1040 g/mol. The molecule has 0 heterocycles. The Bertz CT molecular complexity index is 4660. The zero-order valence-corrected chi connectivity index (χ0v) is 49.5. The van der Waals surface area contributed by atoms with Crippen LogP contribution in [0.3, 0.4) is 0 Å². The van der Waals surface area contributed by atoms with Gasteiger partial charge in [0.15, 0.2) is 0 Å². The normalized spacial score (nSPS) is 13.4. The molecule has 0 spiro atoms. The SMILES string of the molecule is C=C/C=c1/c(N(/C(C)=C/CCC)c2ccc(-c3c(-c4ccccc4)c(-c4ccccc4)c(-c4ccc(N(C5=CC=CCC5)c5cccc6c5=CCCC=6)cc4)c4cc(N(c5ccccc5)c5cccc6ccccc56)ccc34)cc2)ccc/c1=C/C. The van der Waals surface area contributed by atoms with E-state index >= 15 is 0 Å². The van der Waals surface area contributed by atoms with Gasteiger partial charge < -0.3 is 14.7 Å². The van der Waals surface area contributed by atoms with Gasteiger partial charge in [0.25, 0.3) is 0 Å². The van der Waals surface area contributed by atoms with Gasteiger partial charge in [0.05, 0.1) is 17.1 Å². The van der Waals surface area contributed by atoms with Crippen LogP contribution in [0.25, 0.3) is 90.4 Å². The van der Waals surface area contributed by atoms with E-state index in [1.165, 1.54) is 71.1 Å². The molecule has 86 heavy (non-hydrogen) atoms. The van der Waals surface area contributed by atoms with Gasteiger partial charge in [-0.15, -0.1) is 0 Å². The Hall–Kier alpha value is -10.2. The highest BCUT2D eigenvalue weighted by molar-refractivity contribution is 6.19. The molecule has 0 saturated carbocycles. The van der Waals surface area contributed by atoms with E-state index in [-0.39, 0.29) is 0 Å². The molecule has 0 unspecified atom stereocenters. The fourth-order valence-corrected chi connectivity index (χ4v) is 13.1. The van der Waals surface area contributed by atoms with E-state index in [1.807, 2.05) is 6.08 Å². The third-order valence-electron chi connectivity index (χ3n) is 17.1. The molecule has 0 radical (unpaired) electrons. The molecule has 418 valence electrons. The lowest BCUT2D eigenvalue weighted by Gasteiger charge is -2.30. The summed E-state index contributed by atoms with van der Waals surface area (Å²) in [6.07, 6.45) is 26.3. The summed E-state index contributed by atoms with van der Waals surface area (Å²) in [5, 5.41) is 9.63. The molecular formula is C83H71N3. The summed E-state index contributed by atoms with van der Waals surface area (Å²) in [6, 6.07) is 87.9. The Labute approximate surface area is 507 Å². The predicted octanol–water partition coefficient (Wildman–Crippen LogP) is 20.5. The van der Waals surface area contributed by atoms with Gasteiger partial charge >= 0.3 is 0 Å². The molecule has 2 aliphatic carbocycles. The second kappa shape index (κ2) is 24.9. The van der Waals surface area contributed by atoms with Crippen molar-refractivity contribution in [3.05, 3.63) is 306 Å². The molecule has 0 aromatic heterocycles. The number of hydrogen-bond acceptors (Lipinski definition) is 3. The quantitative estimate of drug-likeness (QED) is 0.0955. The average Bonchev–Trinajstić information content (AvgIpc) is 0.880. The molecule has 11 aromatic rings. The van der Waals surface area contributed by atoms with Crippen LogP contribution in [0.2, 0.25) is 0 Å². The molecule has 0 aliphatic heterocycles. The van der Waals surface area contributed by atoms with Gasteiger partial charge in [-0.25, -0.2) is 0 Å². The third-order valence-corrected chi connectivity index (χ3v) is 17.1. The van der Waals surface area contributed by atoms with Crippen LogP contribution in [-0.2, 0) is 0 Å². The van der Waals surface area contributed by atoms with Crippen LogP contribution in [0.15, 0.2) is 285 Å². The fraction of sp³-hybridized carbons (Fsp3) is 0.108. The summed E-state index contributed by atoms with van der Waals surface area (Å²) in [5.74, 6) is 0. The van der Waals surface area contributed by atoms with Crippen LogP contribution in [0, 0.1) is 0 Å². The van der Waals surface area contributed by atoms with Gasteiger partial charge in [0, 0.05) is 50.0 Å². The highest BCUT2D eigenvalue weighted by Gasteiger charge is 2.27. The van der Waals surface area contributed by atoms with Crippen molar-refractivity contribution in [2.75, 3.05) is 14.7 Å². The van der Waals surface area contributed by atoms with Crippen molar-refractivity contribution in [3.8, 4) is 44.5 Å². The molecule has 0 fully saturated rings. The maximum atomic E-state index is 4.15. The van der Waals surface area contributed by atoms with E-state index in [0.29, 0.717) is 0 Å². The summed E-state index contributed by atoms with van der Waals surface area (Å²) in [4.78, 5) is 7.38. The van der Waals surface area contributed by atoms with Crippen LogP contribution < -0.4 is 35.6 Å². The molecule has 3 nitrogen and oxygen atoms in total. The van der Waals surface area contributed by atoms with Gasteiger partial charge in [0.1, 0.15) is 0 Å². The van der Waals surface area contributed by atoms with E-state index in [4.69, 9.17) is 0 Å². The Morgan fingerprint density at radius 1 is 0.488 bits per heavy atom. The number of para-hydroxylation sites is 1. The number of fused-ring (bicyclic) bond motifs is 3. The van der Waals surface area contributed by atoms with Gasteiger partial charge in [-0.05, 0) is 190 Å². The first kappa shape index (κ1) is 55.0. The fourth-order valence-electron chi connectivity index (χ4n) is 13.1. The lowest BCUT2D eigenvalue weighted by Crippen LogP contribution is -2.33. The smallest absolute Gasteiger partial charge is 0.0540 e. The molecule has 0 bridgehead atoms. The number of unbranched alkanes of at least 4 members (excludes halogenated alkanes) is 1. The van der Waals surface area contributed by atoms with Crippen molar-refractivity contribution in [2.24, 2.45) is 0 Å². The van der Waals surface area contributed by atoms with Crippen LogP contribution >= 0.6 is 0 Å². The molecule has 13 rings (SSSR count). The summed E-state index contributed by atoms with van der Waals surface area (Å²) in [5.41, 5.74) is 19.6. The highest BCUT2D eigenvalue weighted by atomic mass is 15.2. The van der Waals surface area contributed by atoms with E-state index in [2.05, 4.69) is 327 Å². The lowest BCUT2D eigenvalue weighted by atomic mass is 9.78. The molecule has 0 N–H and O–H groups in total. The highest BCUT2D eigenvalue weighted by Crippen LogP contribution is 2.53. The van der Waals surface area contributed by atoms with Crippen molar-refractivity contribution < 1.29 is 0 Å². The molecule has 0 atom stereocenters. The van der Waals surface area contributed by atoms with Crippen LogP contribution in [0.1, 0.15) is 59.3 Å². The third kappa shape index (κ3) is 10.6. The second-order valence-corrected chi connectivity index (χ2v) is 22.4. The minimum Gasteiger partial charge on any atom is -0.314 e. The van der Waals surface area contributed by atoms with E-state index in [9.17, 15) is 0 Å². The van der Waals surface area contributed by atoms with Crippen LogP contribution in [-0.4, -0.2) is 0 Å². The number of allylic oxidation sites excluding steroid dienone is 7. The standard InChI is InChI=1S/C83H71N3/c1-5-8-29-59(4)84(77-45-25-36-60(7-3)72(77)28-6-2)69-52-48-65(49-53-69)80-75-57-56-71(86(68-41-19-12-20-42-68)79-47-27-38-62-31-22-24-44-74(62)79)58-76(75)81(83(64-34-15-10-16-35-64)82(80)63-32-13-9-14-33-63)66-50-54-70(55-51-66)85(67-39-17-11-18-40-67)78-46-26-37-61-30-21-23-43-73(61)78/h6-7,9-17,19-20,22,24-39,41-58H,2,5,8,18,21,23,40H2,1,3-4H3/b59-29+,60-7-,72-28+. The average molecular weight is 1110 g/mol. The zero-order valence-electron chi connectivity index (χ0n) is 49.5. The first-order chi connectivity index (χ1) is 42.5. The molecule has 2 aliphatic rings. The number of hydrogen-bond donors (Lipinski definition) is 0. The summed E-state index contributed by atoms with van der Waals surface area (Å²) >= 11 is 0. The predicted molar refractivity (Wildman–Crippen MR) is 372 cm³/mol. The molecule has 0 amide bonds. The lowest BCUT2D eigenvalue weighted by molar-refractivity contribution is 0.915. The van der Waals surface area contributed by atoms with Crippen LogP contribution in [0.4, 0.5) is 39.8 Å². The summed E-state index contributed by atoms with van der Waals surface area (Å²) < 4.78 is 0. The van der Waals surface area contributed by atoms with Crippen molar-refractivity contribution in [1.29, 1.82) is 0 Å². The topological polar surface area (TPSA) is 9.72 Å². The zero-order chi connectivity index (χ0) is 58.3. The Balaban J connectivity index is 1.11. The van der Waals surface area contributed by atoms with Crippen molar-refractivity contribution >= 4 is 85.7 Å². The molecule has 3 heteroatoms. The largest absolute Gasteiger partial charge is 0.314 e. The van der Waals surface area contributed by atoms with Crippen LogP contribution in [0.5, 0.6) is 0 Å². The molecule has 11 aromatic carbocycles. The van der Waals surface area contributed by atoms with E-state index in [1.54, 1.807) is 0 Å². The first-order valence-corrected chi connectivity index (χ1v) is 30.6. The maximum absolute atomic E-state index is 4.15. The Morgan fingerprint density at radius 2 is 1.07 bits per heavy atom. The Kier molecular flexibility index (Phi) is 15.9. The second-order valence-electron chi connectivity index (χ2n) is 22.4. The number of rotatable bonds is 16. The number of nitrogens with zero attached hydrogens (tertiary/aromatic N) is 3. The maximum Gasteiger partial charge on any atom is 0.0540 e. The van der Waals surface area contributed by atoms with Gasteiger partial charge in [-0.2, -0.15) is 0 Å². The minimum atomic E-state index is 0.960. The Morgan fingerprint density at radius 3 is 1.76 bits per heavy atom. The number of anilines is 7. The van der Waals surface area contributed by atoms with Gasteiger partial charge in [0.2, 0.25) is 0 Å². The number of benzene rings is 11. The van der Waals surface area contributed by atoms with E-state index < -0.39 is 0 Å². The van der Waals surface area contributed by atoms with E-state index in [0.717, 1.165) is 106 Å². The van der Waals surface area contributed by atoms with Gasteiger partial charge in [-0.3, -0.25) is 0 Å². The first-order valence-electron chi connectivity index (χ1n) is 30.6. The van der Waals surface area contributed by atoms with Crippen molar-refractivity contribution in [1.82, 2.24) is 0 Å². The minimum absolute atomic E-state index is 0.960. The van der Waals surface area contributed by atoms with Crippen molar-refractivity contribution in [2.45, 2.75) is 59.3 Å². The molecule has 0 saturated heterocycles. The van der Waals surface area contributed by atoms with Gasteiger partial charge in [-0.1, -0.05) is 238 Å². The summed E-state index contributed by atoms with van der Waals surface area (Å²) in [7, 11) is 0. The monoisotopic (exact) mass is 1110 g/mol. The van der Waals surface area contributed by atoms with Crippen molar-refractivity contribution in [3.63, 3.8) is 0 Å². The summed E-state index contributed by atoms with van der Waals surface area (Å²) in [6.45, 7) is 10.7.